The van der Waals surface area contributed by atoms with E-state index in [1.165, 1.54) is 19.2 Å². The summed E-state index contributed by atoms with van der Waals surface area (Å²) in [5.41, 5.74) is 8.86. The van der Waals surface area contributed by atoms with E-state index < -0.39 is 16.3 Å². The number of allylic oxidation sites excluding steroid dienone is 1. The number of esters is 1. The smallest absolute Gasteiger partial charge is 0.316 e. The van der Waals surface area contributed by atoms with Crippen LogP contribution in [0, 0.1) is 10.1 Å². The Morgan fingerprint density at radius 1 is 1.17 bits per heavy atom. The van der Waals surface area contributed by atoms with Gasteiger partial charge in [0.2, 0.25) is 12.8 Å². The number of piperidine rings is 1. The molecule has 0 radical (unpaired) electrons. The number of nitro benzene ring substituents is 1. The van der Waals surface area contributed by atoms with Gasteiger partial charge in [-0.3, -0.25) is 24.5 Å². The number of methoxy groups -OCH3 is 1. The number of nitro groups is 1. The Labute approximate surface area is 268 Å². The van der Waals surface area contributed by atoms with Gasteiger partial charge in [-0.15, -0.1) is 0 Å². The Hall–Kier alpha value is -4.59. The van der Waals surface area contributed by atoms with Crippen LogP contribution in [0.15, 0.2) is 77.4 Å². The third kappa shape index (κ3) is 7.61. The number of carbonyl (C=O) groups is 3. The third-order valence-corrected chi connectivity index (χ3v) is 8.70. The molecule has 1 atom stereocenters. The van der Waals surface area contributed by atoms with Gasteiger partial charge in [0.25, 0.3) is 5.69 Å². The van der Waals surface area contributed by atoms with E-state index in [9.17, 15) is 24.5 Å². The normalized spacial score (nSPS) is 18.0. The van der Waals surface area contributed by atoms with E-state index in [-0.39, 0.29) is 18.3 Å². The summed E-state index contributed by atoms with van der Waals surface area (Å²) >= 11 is 0. The number of likely N-dealkylation sites (tertiary alicyclic amines) is 1. The third-order valence-electron chi connectivity index (χ3n) is 8.70. The number of nitrogens with two attached hydrogens (primary N) is 1. The van der Waals surface area contributed by atoms with Gasteiger partial charge in [0, 0.05) is 30.9 Å². The fraction of sp³-hybridized carbons (Fsp3) is 0.424. The number of hydrogen-bond donors (Lipinski definition) is 3. The molecule has 0 aromatic heterocycles. The minimum absolute atomic E-state index is 0.0717. The zero-order valence-electron chi connectivity index (χ0n) is 26.3. The molecule has 2 aliphatic rings. The molecule has 4 rings (SSSR count). The summed E-state index contributed by atoms with van der Waals surface area (Å²) < 4.78 is 11.0. The lowest BCUT2D eigenvalue weighted by Crippen LogP contribution is -2.48. The number of nitrogens with one attached hydrogen (secondary N) is 2. The maximum absolute atomic E-state index is 13.0. The van der Waals surface area contributed by atoms with Crippen molar-refractivity contribution in [1.82, 2.24) is 20.4 Å². The summed E-state index contributed by atoms with van der Waals surface area (Å²) in [4.78, 5) is 52.1. The number of ether oxygens (including phenoxy) is 2. The molecule has 246 valence electrons. The summed E-state index contributed by atoms with van der Waals surface area (Å²) in [5, 5.41) is 17.4. The second-order valence-electron chi connectivity index (χ2n) is 11.3. The first kappa shape index (κ1) is 34.3. The molecule has 4 N–H and O–H groups in total. The number of carbonyl (C=O) groups excluding carboxylic acids is 3. The first-order chi connectivity index (χ1) is 22.3. The van der Waals surface area contributed by atoms with E-state index >= 15 is 0 Å². The van der Waals surface area contributed by atoms with Gasteiger partial charge >= 0.3 is 5.97 Å². The summed E-state index contributed by atoms with van der Waals surface area (Å²) in [6, 6.07) is 15.8. The first-order valence-corrected chi connectivity index (χ1v) is 15.3. The molecule has 0 spiro atoms. The van der Waals surface area contributed by atoms with Crippen LogP contribution in [0.4, 0.5) is 5.69 Å². The summed E-state index contributed by atoms with van der Waals surface area (Å²) in [5.74, 6) is -0.845. The SMILES string of the molecule is COC(=O)C1(c2ccccc2)CCN(CCCN(C=O)C2=C(COCCN)NC(C)=C(NC=O)C2c2ccc([N+](=O)[O-])cc2)CC1. The average molecular weight is 635 g/mol. The Balaban J connectivity index is 1.55. The largest absolute Gasteiger partial charge is 0.468 e. The second-order valence-corrected chi connectivity index (χ2v) is 11.3. The number of benzene rings is 2. The van der Waals surface area contributed by atoms with E-state index in [0.29, 0.717) is 93.4 Å². The van der Waals surface area contributed by atoms with E-state index in [1.807, 2.05) is 30.3 Å². The highest BCUT2D eigenvalue weighted by molar-refractivity contribution is 5.83. The lowest BCUT2D eigenvalue weighted by molar-refractivity contribution is -0.384. The van der Waals surface area contributed by atoms with Gasteiger partial charge < -0.3 is 35.6 Å². The highest BCUT2D eigenvalue weighted by Crippen LogP contribution is 2.39. The predicted octanol–water partition coefficient (Wildman–Crippen LogP) is 2.50. The molecule has 2 heterocycles. The minimum Gasteiger partial charge on any atom is -0.468 e. The topological polar surface area (TPSA) is 169 Å². The molecule has 2 aromatic rings. The van der Waals surface area contributed by atoms with Crippen LogP contribution >= 0.6 is 0 Å². The maximum atomic E-state index is 13.0. The van der Waals surface area contributed by atoms with Crippen molar-refractivity contribution in [3.05, 3.63) is 98.6 Å². The summed E-state index contributed by atoms with van der Waals surface area (Å²) in [6.45, 7) is 4.97. The lowest BCUT2D eigenvalue weighted by atomic mass is 9.72. The summed E-state index contributed by atoms with van der Waals surface area (Å²) in [6.07, 6.45) is 3.18. The van der Waals surface area contributed by atoms with E-state index in [4.69, 9.17) is 15.2 Å². The highest BCUT2D eigenvalue weighted by Gasteiger charge is 2.44. The van der Waals surface area contributed by atoms with E-state index in [0.717, 1.165) is 12.0 Å². The molecule has 2 aliphatic heterocycles. The van der Waals surface area contributed by atoms with Crippen LogP contribution in [0.2, 0.25) is 0 Å². The lowest BCUT2D eigenvalue weighted by Gasteiger charge is -2.40. The molecule has 0 saturated carbocycles. The Morgan fingerprint density at radius 2 is 1.87 bits per heavy atom. The van der Waals surface area contributed by atoms with Crippen molar-refractivity contribution < 1.29 is 28.8 Å². The fourth-order valence-electron chi connectivity index (χ4n) is 6.38. The van der Waals surface area contributed by atoms with Gasteiger partial charge in [0.05, 0.1) is 53.7 Å². The molecule has 13 nitrogen and oxygen atoms in total. The van der Waals surface area contributed by atoms with Gasteiger partial charge in [-0.25, -0.2) is 0 Å². The molecule has 1 unspecified atom stereocenters. The van der Waals surface area contributed by atoms with Gasteiger partial charge in [0.15, 0.2) is 0 Å². The molecule has 1 saturated heterocycles. The van der Waals surface area contributed by atoms with Gasteiger partial charge in [0.1, 0.15) is 0 Å². The Kier molecular flexibility index (Phi) is 12.0. The van der Waals surface area contributed by atoms with Crippen molar-refractivity contribution in [2.75, 3.05) is 53.0 Å². The van der Waals surface area contributed by atoms with E-state index in [1.54, 1.807) is 24.0 Å². The van der Waals surface area contributed by atoms with Crippen LogP contribution in [-0.4, -0.2) is 86.6 Å². The Morgan fingerprint density at radius 3 is 2.46 bits per heavy atom. The molecular weight excluding hydrogens is 592 g/mol. The zero-order valence-corrected chi connectivity index (χ0v) is 26.3. The van der Waals surface area contributed by atoms with Crippen molar-refractivity contribution in [3.8, 4) is 0 Å². The van der Waals surface area contributed by atoms with Crippen LogP contribution < -0.4 is 16.4 Å². The number of non-ortho nitro benzene ring substituents is 1. The van der Waals surface area contributed by atoms with Gasteiger partial charge in [-0.1, -0.05) is 42.5 Å². The minimum atomic E-state index is -0.692. The van der Waals surface area contributed by atoms with Gasteiger partial charge in [-0.2, -0.15) is 0 Å². The standard InChI is InChI=1S/C33H42N6O7/c1-24-30(35-22-40)29(25-9-11-27(12-10-25)39(43)44)31(28(36-24)21-46-20-15-34)38(23-41)17-6-16-37-18-13-33(14-19-37,32(42)45-2)26-7-4-3-5-8-26/h3-5,7-12,22-23,29,36H,6,13-21,34H2,1-2H3,(H,35,40). The van der Waals surface area contributed by atoms with Crippen LogP contribution in [0.25, 0.3) is 0 Å². The van der Waals surface area contributed by atoms with Crippen LogP contribution in [-0.2, 0) is 29.3 Å². The maximum Gasteiger partial charge on any atom is 0.316 e. The molecule has 0 bridgehead atoms. The van der Waals surface area contributed by atoms with Crippen LogP contribution in [0.1, 0.15) is 43.2 Å². The van der Waals surface area contributed by atoms with Crippen LogP contribution in [0.5, 0.6) is 0 Å². The Bertz CT molecular complexity index is 1440. The number of hydrogen-bond acceptors (Lipinski definition) is 10. The van der Waals surface area contributed by atoms with Crippen molar-refractivity contribution in [3.63, 3.8) is 0 Å². The zero-order chi connectivity index (χ0) is 33.1. The number of nitrogens with zero attached hydrogens (tertiary/aromatic N) is 3. The van der Waals surface area contributed by atoms with Crippen molar-refractivity contribution >= 4 is 24.5 Å². The molecule has 0 aliphatic carbocycles. The quantitative estimate of drug-likeness (QED) is 0.0820. The molecular formula is C33H42N6O7. The highest BCUT2D eigenvalue weighted by atomic mass is 16.6. The monoisotopic (exact) mass is 634 g/mol. The average Bonchev–Trinajstić information content (AvgIpc) is 3.08. The van der Waals surface area contributed by atoms with Gasteiger partial charge in [-0.05, 0) is 56.9 Å². The molecule has 13 heteroatoms. The van der Waals surface area contributed by atoms with Crippen molar-refractivity contribution in [1.29, 1.82) is 0 Å². The molecule has 46 heavy (non-hydrogen) atoms. The van der Waals surface area contributed by atoms with Crippen molar-refractivity contribution in [2.45, 2.75) is 37.5 Å². The molecule has 1 fully saturated rings. The molecule has 2 amide bonds. The first-order valence-electron chi connectivity index (χ1n) is 15.3. The number of dihydropyridines is 1. The second kappa shape index (κ2) is 16.1. The van der Waals surface area contributed by atoms with Crippen molar-refractivity contribution in [2.24, 2.45) is 5.73 Å². The fourth-order valence-corrected chi connectivity index (χ4v) is 6.38. The van der Waals surface area contributed by atoms with E-state index in [2.05, 4.69) is 15.5 Å². The predicted molar refractivity (Wildman–Crippen MR) is 171 cm³/mol. The number of amides is 2. The van der Waals surface area contributed by atoms with Crippen LogP contribution in [0.3, 0.4) is 0 Å². The number of rotatable bonds is 16. The molecule has 2 aromatic carbocycles. The summed E-state index contributed by atoms with van der Waals surface area (Å²) in [7, 11) is 1.42.